The molecule has 2 aromatic rings. The van der Waals surface area contributed by atoms with Gasteiger partial charge < -0.3 is 5.32 Å². The minimum absolute atomic E-state index is 0.816. The van der Waals surface area contributed by atoms with E-state index in [-0.39, 0.29) is 0 Å². The molecule has 0 saturated heterocycles. The van der Waals surface area contributed by atoms with Crippen LogP contribution in [0.25, 0.3) is 11.1 Å². The Bertz CT molecular complexity index is 777. The molecule has 3 rings (SSSR count). The van der Waals surface area contributed by atoms with Crippen LogP contribution in [-0.4, -0.2) is 7.05 Å². The Hall–Kier alpha value is -1.35. The van der Waals surface area contributed by atoms with Crippen molar-refractivity contribution in [3.05, 3.63) is 80.8 Å². The monoisotopic (exact) mass is 373 g/mol. The minimum atomic E-state index is 0.816. The van der Waals surface area contributed by atoms with Gasteiger partial charge in [-0.05, 0) is 58.6 Å². The molecule has 3 heteroatoms. The van der Waals surface area contributed by atoms with Crippen LogP contribution in [0.4, 0.5) is 0 Å². The Morgan fingerprint density at radius 1 is 1.23 bits per heavy atom. The topological polar surface area (TPSA) is 12.0 Å². The van der Waals surface area contributed by atoms with E-state index in [2.05, 4.69) is 58.2 Å². The first-order valence-corrected chi connectivity index (χ1v) is 8.38. The number of allylic oxidation sites excluding steroid dienone is 3. The van der Waals surface area contributed by atoms with Crippen molar-refractivity contribution >= 4 is 38.7 Å². The molecule has 0 aliphatic heterocycles. The molecule has 0 spiro atoms. The number of benzene rings is 2. The predicted octanol–water partition coefficient (Wildman–Crippen LogP) is 5.47. The van der Waals surface area contributed by atoms with E-state index in [9.17, 15) is 0 Å². The summed E-state index contributed by atoms with van der Waals surface area (Å²) < 4.78 is 1.09. The molecule has 0 atom stereocenters. The molecule has 0 amide bonds. The van der Waals surface area contributed by atoms with Gasteiger partial charge in [-0.25, -0.2) is 0 Å². The number of fused-ring (bicyclic) bond motifs is 1. The van der Waals surface area contributed by atoms with Gasteiger partial charge in [0.05, 0.1) is 0 Å². The second-order valence-electron chi connectivity index (χ2n) is 5.47. The highest BCUT2D eigenvalue weighted by molar-refractivity contribution is 9.10. The molecule has 112 valence electrons. The van der Waals surface area contributed by atoms with Crippen molar-refractivity contribution in [2.45, 2.75) is 13.0 Å². The first kappa shape index (κ1) is 15.5. The first-order valence-electron chi connectivity index (χ1n) is 7.21. The Kier molecular flexibility index (Phi) is 4.53. The largest absolute Gasteiger partial charge is 0.316 e. The van der Waals surface area contributed by atoms with Gasteiger partial charge in [0.2, 0.25) is 0 Å². The third-order valence-electron chi connectivity index (χ3n) is 3.96. The molecular formula is C19H17BrClN. The molecule has 0 unspecified atom stereocenters. The van der Waals surface area contributed by atoms with E-state index < -0.39 is 0 Å². The predicted molar refractivity (Wildman–Crippen MR) is 99.1 cm³/mol. The van der Waals surface area contributed by atoms with E-state index in [0.29, 0.717) is 0 Å². The average Bonchev–Trinajstić information content (AvgIpc) is 2.49. The summed E-state index contributed by atoms with van der Waals surface area (Å²) in [5, 5.41) is 4.05. The fourth-order valence-corrected chi connectivity index (χ4v) is 3.60. The molecule has 1 nitrogen and oxygen atoms in total. The number of hydrogen-bond donors (Lipinski definition) is 1. The summed E-state index contributed by atoms with van der Waals surface area (Å²) in [6.07, 6.45) is 3.02. The third-order valence-corrected chi connectivity index (χ3v) is 4.81. The van der Waals surface area contributed by atoms with Crippen LogP contribution < -0.4 is 5.32 Å². The smallest absolute Gasteiger partial charge is 0.0447 e. The van der Waals surface area contributed by atoms with E-state index in [4.69, 9.17) is 11.6 Å². The highest BCUT2D eigenvalue weighted by Crippen LogP contribution is 2.37. The summed E-state index contributed by atoms with van der Waals surface area (Å²) in [6, 6.07) is 12.4. The van der Waals surface area contributed by atoms with E-state index in [0.717, 1.165) is 33.6 Å². The molecule has 0 saturated carbocycles. The van der Waals surface area contributed by atoms with Crippen LogP contribution in [0.2, 0.25) is 5.02 Å². The zero-order valence-corrected chi connectivity index (χ0v) is 14.8. The maximum absolute atomic E-state index is 6.40. The lowest BCUT2D eigenvalue weighted by atomic mass is 9.84. The van der Waals surface area contributed by atoms with Gasteiger partial charge in [0.1, 0.15) is 0 Å². The lowest BCUT2D eigenvalue weighted by Gasteiger charge is -2.22. The van der Waals surface area contributed by atoms with E-state index >= 15 is 0 Å². The van der Waals surface area contributed by atoms with Crippen molar-refractivity contribution in [3.8, 4) is 0 Å². The first-order chi connectivity index (χ1) is 10.6. The number of nitrogens with one attached hydrogen (secondary N) is 1. The molecule has 0 bridgehead atoms. The lowest BCUT2D eigenvalue weighted by Crippen LogP contribution is -2.10. The van der Waals surface area contributed by atoms with Gasteiger partial charge in [0, 0.05) is 22.5 Å². The van der Waals surface area contributed by atoms with Gasteiger partial charge in [-0.15, -0.1) is 0 Å². The Morgan fingerprint density at radius 3 is 2.82 bits per heavy atom. The van der Waals surface area contributed by atoms with Crippen molar-refractivity contribution in [3.63, 3.8) is 0 Å². The Balaban J connectivity index is 2.08. The number of halogens is 2. The summed E-state index contributed by atoms with van der Waals surface area (Å²) >= 11 is 9.95. The normalized spacial score (nSPS) is 13.8. The summed E-state index contributed by atoms with van der Waals surface area (Å²) in [7, 11) is 1.96. The van der Waals surface area contributed by atoms with Crippen molar-refractivity contribution < 1.29 is 0 Å². The summed E-state index contributed by atoms with van der Waals surface area (Å²) in [5.74, 6) is 0. The van der Waals surface area contributed by atoms with Crippen LogP contribution in [0, 0.1) is 0 Å². The molecule has 1 N–H and O–H groups in total. The molecule has 1 aliphatic rings. The van der Waals surface area contributed by atoms with Crippen LogP contribution in [0.5, 0.6) is 0 Å². The molecular weight excluding hydrogens is 358 g/mol. The van der Waals surface area contributed by atoms with Gasteiger partial charge in [-0.3, -0.25) is 0 Å². The molecule has 0 fully saturated rings. The van der Waals surface area contributed by atoms with Gasteiger partial charge in [0.25, 0.3) is 0 Å². The summed E-state index contributed by atoms with van der Waals surface area (Å²) in [4.78, 5) is 0. The van der Waals surface area contributed by atoms with Crippen molar-refractivity contribution in [1.29, 1.82) is 0 Å². The van der Waals surface area contributed by atoms with E-state index in [1.165, 1.54) is 22.3 Å². The molecule has 0 heterocycles. The van der Waals surface area contributed by atoms with Gasteiger partial charge in [-0.1, -0.05) is 58.4 Å². The van der Waals surface area contributed by atoms with Crippen LogP contribution in [0.1, 0.15) is 22.3 Å². The number of hydrogen-bond acceptors (Lipinski definition) is 1. The highest BCUT2D eigenvalue weighted by Gasteiger charge is 2.19. The lowest BCUT2D eigenvalue weighted by molar-refractivity contribution is 0.814. The molecule has 22 heavy (non-hydrogen) atoms. The van der Waals surface area contributed by atoms with Gasteiger partial charge in [-0.2, -0.15) is 0 Å². The fourth-order valence-electron chi connectivity index (χ4n) is 2.95. The summed E-state index contributed by atoms with van der Waals surface area (Å²) in [6.45, 7) is 5.03. The standard InChI is InChI=1S/C19H17BrClN/c1-12-8-13(10-18-16(12)4-3-5-19(18)21)17-7-6-15(20)9-14(17)11-22-2/h3-9,22H,1,10-11H2,2H3. The molecule has 1 aliphatic carbocycles. The molecule has 0 aromatic heterocycles. The average molecular weight is 375 g/mol. The zero-order valence-electron chi connectivity index (χ0n) is 12.4. The summed E-state index contributed by atoms with van der Waals surface area (Å²) in [5.41, 5.74) is 7.14. The van der Waals surface area contributed by atoms with Crippen LogP contribution in [-0.2, 0) is 13.0 Å². The Morgan fingerprint density at radius 2 is 2.05 bits per heavy atom. The second kappa shape index (κ2) is 6.41. The maximum Gasteiger partial charge on any atom is 0.0447 e. The quantitative estimate of drug-likeness (QED) is 0.750. The van der Waals surface area contributed by atoms with Crippen LogP contribution in [0.15, 0.2) is 53.5 Å². The van der Waals surface area contributed by atoms with E-state index in [1.807, 2.05) is 19.2 Å². The maximum atomic E-state index is 6.40. The molecule has 0 radical (unpaired) electrons. The fraction of sp³-hybridized carbons (Fsp3) is 0.158. The number of rotatable bonds is 3. The zero-order chi connectivity index (χ0) is 15.7. The van der Waals surface area contributed by atoms with E-state index in [1.54, 1.807) is 0 Å². The highest BCUT2D eigenvalue weighted by atomic mass is 79.9. The SMILES string of the molecule is C=C1C=C(c2ccc(Br)cc2CNC)Cc2c(Cl)cccc21. The van der Waals surface area contributed by atoms with Crippen molar-refractivity contribution in [1.82, 2.24) is 5.32 Å². The van der Waals surface area contributed by atoms with Gasteiger partial charge in [0.15, 0.2) is 0 Å². The second-order valence-corrected chi connectivity index (χ2v) is 6.79. The van der Waals surface area contributed by atoms with Crippen molar-refractivity contribution in [2.75, 3.05) is 7.05 Å². The van der Waals surface area contributed by atoms with Gasteiger partial charge >= 0.3 is 0 Å². The molecule has 2 aromatic carbocycles. The third kappa shape index (κ3) is 2.91. The minimum Gasteiger partial charge on any atom is -0.316 e. The van der Waals surface area contributed by atoms with Crippen LogP contribution >= 0.6 is 27.5 Å². The van der Waals surface area contributed by atoms with Crippen molar-refractivity contribution in [2.24, 2.45) is 0 Å². The van der Waals surface area contributed by atoms with Crippen LogP contribution in [0.3, 0.4) is 0 Å². The Labute approximate surface area is 144 Å².